The maximum atomic E-state index is 4.03. The molecular weight excluding hydrogens is 134 g/mol. The number of hydrazone groups is 1. The lowest BCUT2D eigenvalue weighted by Crippen LogP contribution is -2.22. The molecule has 0 radical (unpaired) electrons. The quantitative estimate of drug-likeness (QED) is 0.469. The molecule has 0 aliphatic carbocycles. The first-order chi connectivity index (χ1) is 4.47. The van der Waals surface area contributed by atoms with Gasteiger partial charge in [-0.1, -0.05) is 0 Å². The zero-order valence-corrected chi connectivity index (χ0v) is 5.45. The van der Waals surface area contributed by atoms with Gasteiger partial charge in [-0.2, -0.15) is 10.2 Å². The third kappa shape index (κ3) is 0.712. The SMILES string of the molecule is C1=CN2SC=CN2N=C1. The summed E-state index contributed by atoms with van der Waals surface area (Å²) in [5.41, 5.74) is 0. The van der Waals surface area contributed by atoms with Gasteiger partial charge in [0.25, 0.3) is 0 Å². The van der Waals surface area contributed by atoms with E-state index < -0.39 is 0 Å². The van der Waals surface area contributed by atoms with E-state index in [1.807, 2.05) is 28.3 Å². The molecular formula is C5H5N3S. The molecule has 0 saturated carbocycles. The van der Waals surface area contributed by atoms with Gasteiger partial charge in [0.05, 0.1) is 12.4 Å². The van der Waals surface area contributed by atoms with E-state index in [9.17, 15) is 0 Å². The molecule has 0 unspecified atom stereocenters. The van der Waals surface area contributed by atoms with Gasteiger partial charge in [-0.15, -0.1) is 0 Å². The van der Waals surface area contributed by atoms with E-state index in [2.05, 4.69) is 5.10 Å². The first-order valence-corrected chi connectivity index (χ1v) is 3.43. The van der Waals surface area contributed by atoms with Crippen LogP contribution >= 0.6 is 11.9 Å². The predicted molar refractivity (Wildman–Crippen MR) is 38.0 cm³/mol. The standard InChI is InChI=1S/C5H5N3S/c1-2-6-7-4-5-9-8(7)3-1/h1-5H. The molecule has 0 aromatic rings. The van der Waals surface area contributed by atoms with Crippen molar-refractivity contribution in [1.29, 1.82) is 0 Å². The molecule has 0 bridgehead atoms. The van der Waals surface area contributed by atoms with Crippen LogP contribution in [0.15, 0.2) is 29.0 Å². The molecule has 3 nitrogen and oxygen atoms in total. The van der Waals surface area contributed by atoms with Gasteiger partial charge < -0.3 is 0 Å². The largest absolute Gasteiger partial charge is 0.210 e. The minimum Gasteiger partial charge on any atom is -0.210 e. The van der Waals surface area contributed by atoms with Crippen LogP contribution in [0.1, 0.15) is 0 Å². The number of rotatable bonds is 0. The van der Waals surface area contributed by atoms with Gasteiger partial charge in [0.15, 0.2) is 0 Å². The van der Waals surface area contributed by atoms with E-state index in [-0.39, 0.29) is 0 Å². The Hall–Kier alpha value is -0.900. The second-order valence-corrected chi connectivity index (χ2v) is 2.48. The lowest BCUT2D eigenvalue weighted by atomic mass is 10.6. The fourth-order valence-corrected chi connectivity index (χ4v) is 1.29. The van der Waals surface area contributed by atoms with Crippen LogP contribution in [-0.2, 0) is 0 Å². The molecule has 2 aliphatic heterocycles. The van der Waals surface area contributed by atoms with Crippen molar-refractivity contribution < 1.29 is 0 Å². The summed E-state index contributed by atoms with van der Waals surface area (Å²) in [7, 11) is 0. The summed E-state index contributed by atoms with van der Waals surface area (Å²) in [5.74, 6) is 0. The number of hydrogen-bond acceptors (Lipinski definition) is 4. The van der Waals surface area contributed by atoms with Gasteiger partial charge in [-0.3, -0.25) is 0 Å². The number of hydrazine groups is 1. The molecule has 4 heteroatoms. The molecule has 0 N–H and O–H groups in total. The highest BCUT2D eigenvalue weighted by Crippen LogP contribution is 2.24. The van der Waals surface area contributed by atoms with Crippen molar-refractivity contribution in [2.45, 2.75) is 0 Å². The van der Waals surface area contributed by atoms with Crippen molar-refractivity contribution >= 4 is 18.2 Å². The molecule has 0 spiro atoms. The second-order valence-electron chi connectivity index (χ2n) is 1.62. The fourth-order valence-electron chi connectivity index (χ4n) is 0.670. The van der Waals surface area contributed by atoms with Crippen molar-refractivity contribution in [2.24, 2.45) is 5.10 Å². The summed E-state index contributed by atoms with van der Waals surface area (Å²) in [6.45, 7) is 0. The van der Waals surface area contributed by atoms with Crippen LogP contribution in [0.25, 0.3) is 0 Å². The summed E-state index contributed by atoms with van der Waals surface area (Å²) in [6, 6.07) is 0. The maximum absolute atomic E-state index is 4.03. The Morgan fingerprint density at radius 3 is 3.22 bits per heavy atom. The topological polar surface area (TPSA) is 18.8 Å². The van der Waals surface area contributed by atoms with Gasteiger partial charge in [0, 0.05) is 23.6 Å². The Balaban J connectivity index is 2.25. The second kappa shape index (κ2) is 1.80. The summed E-state index contributed by atoms with van der Waals surface area (Å²) >= 11 is 1.60. The van der Waals surface area contributed by atoms with Crippen molar-refractivity contribution in [3.63, 3.8) is 0 Å². The summed E-state index contributed by atoms with van der Waals surface area (Å²) in [5, 5.41) is 7.78. The third-order valence-corrected chi connectivity index (χ3v) is 1.80. The molecule has 2 rings (SSSR count). The maximum Gasteiger partial charge on any atom is 0.0566 e. The van der Waals surface area contributed by atoms with Crippen LogP contribution < -0.4 is 0 Å². The Bertz CT molecular complexity index is 196. The highest BCUT2D eigenvalue weighted by molar-refractivity contribution is 8.00. The van der Waals surface area contributed by atoms with Crippen LogP contribution in [-0.4, -0.2) is 15.7 Å². The molecule has 0 aromatic heterocycles. The van der Waals surface area contributed by atoms with Gasteiger partial charge in [-0.05, 0) is 6.08 Å². The summed E-state index contributed by atoms with van der Waals surface area (Å²) in [4.78, 5) is 0. The average molecular weight is 139 g/mol. The fraction of sp³-hybridized carbons (Fsp3) is 0. The molecule has 0 saturated heterocycles. The van der Waals surface area contributed by atoms with Crippen molar-refractivity contribution in [2.75, 3.05) is 0 Å². The van der Waals surface area contributed by atoms with Gasteiger partial charge in [0.2, 0.25) is 0 Å². The molecule has 0 aromatic carbocycles. The van der Waals surface area contributed by atoms with E-state index in [1.54, 1.807) is 23.3 Å². The van der Waals surface area contributed by atoms with Gasteiger partial charge >= 0.3 is 0 Å². The van der Waals surface area contributed by atoms with Gasteiger partial charge in [0.1, 0.15) is 0 Å². The molecule has 9 heavy (non-hydrogen) atoms. The predicted octanol–water partition coefficient (Wildman–Crippen LogP) is 1.15. The van der Waals surface area contributed by atoms with E-state index in [4.69, 9.17) is 0 Å². The Morgan fingerprint density at radius 1 is 1.33 bits per heavy atom. The summed E-state index contributed by atoms with van der Waals surface area (Å²) < 4.78 is 1.93. The number of fused-ring (bicyclic) bond motifs is 1. The molecule has 2 heterocycles. The lowest BCUT2D eigenvalue weighted by Gasteiger charge is -2.21. The number of allylic oxidation sites excluding steroid dienone is 1. The van der Waals surface area contributed by atoms with Gasteiger partial charge in [-0.25, -0.2) is 4.41 Å². The highest BCUT2D eigenvalue weighted by Gasteiger charge is 2.12. The van der Waals surface area contributed by atoms with E-state index >= 15 is 0 Å². The Morgan fingerprint density at radius 2 is 2.33 bits per heavy atom. The Kier molecular flexibility index (Phi) is 0.989. The third-order valence-electron chi connectivity index (χ3n) is 1.05. The van der Waals surface area contributed by atoms with E-state index in [0.717, 1.165) is 0 Å². The van der Waals surface area contributed by atoms with Crippen LogP contribution in [0.2, 0.25) is 0 Å². The summed E-state index contributed by atoms with van der Waals surface area (Å²) in [6.07, 6.45) is 7.52. The molecule has 2 aliphatic rings. The first kappa shape index (κ1) is 4.93. The van der Waals surface area contributed by atoms with Crippen LogP contribution in [0.5, 0.6) is 0 Å². The monoisotopic (exact) mass is 139 g/mol. The van der Waals surface area contributed by atoms with E-state index in [1.165, 1.54) is 0 Å². The Labute approximate surface area is 57.4 Å². The molecule has 46 valence electrons. The van der Waals surface area contributed by atoms with Crippen LogP contribution in [0, 0.1) is 0 Å². The zero-order chi connectivity index (χ0) is 6.10. The average Bonchev–Trinajstić information content (AvgIpc) is 2.33. The van der Waals surface area contributed by atoms with Crippen LogP contribution in [0.4, 0.5) is 0 Å². The minimum atomic E-state index is 1.60. The molecule has 0 fully saturated rings. The molecule has 0 amide bonds. The number of nitrogens with zero attached hydrogens (tertiary/aromatic N) is 3. The smallest absolute Gasteiger partial charge is 0.0566 e. The van der Waals surface area contributed by atoms with E-state index in [0.29, 0.717) is 0 Å². The first-order valence-electron chi connectivity index (χ1n) is 2.59. The number of hydrogen-bond donors (Lipinski definition) is 0. The zero-order valence-electron chi connectivity index (χ0n) is 4.64. The lowest BCUT2D eigenvalue weighted by molar-refractivity contribution is 0.206. The van der Waals surface area contributed by atoms with Crippen molar-refractivity contribution in [3.05, 3.63) is 23.9 Å². The normalized spacial score (nSPS) is 21.3. The van der Waals surface area contributed by atoms with Crippen molar-refractivity contribution in [3.8, 4) is 0 Å². The highest BCUT2D eigenvalue weighted by atomic mass is 32.2. The minimum absolute atomic E-state index is 1.60. The van der Waals surface area contributed by atoms with Crippen molar-refractivity contribution in [1.82, 2.24) is 9.53 Å². The molecule has 0 atom stereocenters. The van der Waals surface area contributed by atoms with Crippen LogP contribution in [0.3, 0.4) is 0 Å².